The Labute approximate surface area is 671 Å². The van der Waals surface area contributed by atoms with Crippen molar-refractivity contribution in [1.29, 1.82) is 0 Å². The van der Waals surface area contributed by atoms with Gasteiger partial charge < -0.3 is 63.8 Å². The van der Waals surface area contributed by atoms with Crippen LogP contribution >= 0.6 is 46.1 Å². The van der Waals surface area contributed by atoms with Crippen LogP contribution in [0.5, 0.6) is 0 Å². The Hall–Kier alpha value is -11.9. The summed E-state index contributed by atoms with van der Waals surface area (Å²) in [6.07, 6.45) is 28.8. The first-order chi connectivity index (χ1) is 55.3. The Kier molecular flexibility index (Phi) is 20.9. The number of hydrogen-bond donors (Lipinski definition) is 8. The lowest BCUT2D eigenvalue weighted by atomic mass is 10.1. The summed E-state index contributed by atoms with van der Waals surface area (Å²) in [6, 6.07) is 16.9. The number of nitrogens with one attached hydrogen (secondary N) is 4. The number of rotatable bonds is 16. The molecule has 0 amide bonds. The Morgan fingerprint density at radius 2 is 0.561 bits per heavy atom. The molecule has 0 aromatic carbocycles. The van der Waals surface area contributed by atoms with Crippen molar-refractivity contribution in [3.8, 4) is 44.5 Å². The molecule has 36 nitrogen and oxygen atoms in total. The summed E-state index contributed by atoms with van der Waals surface area (Å²) in [6.45, 7) is 14.9. The number of aromatic nitrogens is 24. The molecule has 0 aliphatic carbocycles. The normalized spacial score (nSPS) is 17.1. The van der Waals surface area contributed by atoms with Crippen molar-refractivity contribution in [1.82, 2.24) is 115 Å². The fraction of sp³-hybridized carbons (Fsp3) is 0.351. The van der Waals surface area contributed by atoms with Gasteiger partial charge in [0.25, 0.3) is 0 Å². The Morgan fingerprint density at radius 1 is 0.316 bits per heavy atom. The molecule has 4 atom stereocenters. The van der Waals surface area contributed by atoms with Crippen LogP contribution in [0, 0.1) is 27.7 Å². The molecule has 0 bridgehead atoms. The maximum absolute atomic E-state index is 6.22. The minimum absolute atomic E-state index is 0.171. The van der Waals surface area contributed by atoms with Gasteiger partial charge in [0.15, 0.2) is 22.6 Å². The van der Waals surface area contributed by atoms with Gasteiger partial charge in [0.2, 0.25) is 0 Å². The summed E-state index contributed by atoms with van der Waals surface area (Å²) in [5, 5.41) is 53.2. The smallest absolute Gasteiger partial charge is 0.167 e. The molecule has 4 fully saturated rings. The van der Waals surface area contributed by atoms with Crippen molar-refractivity contribution in [3.63, 3.8) is 0 Å². The summed E-state index contributed by atoms with van der Waals surface area (Å²) in [5.74, 6) is 7.00. The second-order valence-corrected chi connectivity index (χ2v) is 32.5. The van der Waals surface area contributed by atoms with Crippen molar-refractivity contribution in [2.45, 2.75) is 90.4 Å². The predicted octanol–water partition coefficient (Wildman–Crippen LogP) is 9.48. The zero-order valence-electron chi connectivity index (χ0n) is 64.2. The Balaban J connectivity index is 0.000000110. The van der Waals surface area contributed by atoms with Crippen LogP contribution in [0.2, 0.25) is 0 Å². The van der Waals surface area contributed by atoms with Gasteiger partial charge in [0, 0.05) is 198 Å². The second-order valence-electron chi connectivity index (χ2n) is 29.3. The highest BCUT2D eigenvalue weighted by Crippen LogP contribution is 2.37. The fourth-order valence-corrected chi connectivity index (χ4v) is 17.2. The summed E-state index contributed by atoms with van der Waals surface area (Å²) in [4.78, 5) is 28.8. The van der Waals surface area contributed by atoms with Crippen LogP contribution in [-0.4, -0.2) is 192 Å². The van der Waals surface area contributed by atoms with Gasteiger partial charge in [0.05, 0.1) is 72.4 Å². The quantitative estimate of drug-likeness (QED) is 0.0446. The van der Waals surface area contributed by atoms with Crippen molar-refractivity contribution < 1.29 is 0 Å². The second kappa shape index (κ2) is 31.9. The lowest BCUT2D eigenvalue weighted by molar-refractivity contribution is 0.503. The van der Waals surface area contributed by atoms with E-state index in [-0.39, 0.29) is 24.2 Å². The van der Waals surface area contributed by atoms with E-state index < -0.39 is 0 Å². The lowest BCUT2D eigenvalue weighted by Gasteiger charge is -2.32. The van der Waals surface area contributed by atoms with Gasteiger partial charge in [-0.15, -0.1) is 0 Å². The average molecular weight is 1610 g/mol. The molecule has 40 heteroatoms. The van der Waals surface area contributed by atoms with Gasteiger partial charge in [-0.1, -0.05) is 0 Å². The minimum Gasteiger partial charge on any atom is -0.355 e. The highest BCUT2D eigenvalue weighted by molar-refractivity contribution is 7.11. The van der Waals surface area contributed by atoms with E-state index in [2.05, 4.69) is 99.2 Å². The van der Waals surface area contributed by atoms with Crippen molar-refractivity contribution >= 4 is 135 Å². The van der Waals surface area contributed by atoms with Crippen LogP contribution in [0.25, 0.3) is 67.1 Å². The summed E-state index contributed by atoms with van der Waals surface area (Å²) in [7, 11) is 7.61. The summed E-state index contributed by atoms with van der Waals surface area (Å²) < 4.78 is 31.9. The van der Waals surface area contributed by atoms with Gasteiger partial charge in [-0.3, -0.25) is 18.7 Å². The molecule has 114 heavy (non-hydrogen) atoms. The molecule has 0 saturated carbocycles. The van der Waals surface area contributed by atoms with Crippen molar-refractivity contribution in [3.05, 3.63) is 146 Å². The zero-order valence-corrected chi connectivity index (χ0v) is 67.5. The molecule has 20 heterocycles. The molecule has 0 radical (unpaired) electrons. The molecule has 588 valence electrons. The number of hydrogen-bond acceptors (Lipinski definition) is 32. The number of aryl methyl sites for hydroxylation is 8. The topological polar surface area (TPSA) is 409 Å². The van der Waals surface area contributed by atoms with E-state index in [0.29, 0.717) is 0 Å². The van der Waals surface area contributed by atoms with Gasteiger partial charge >= 0.3 is 0 Å². The summed E-state index contributed by atoms with van der Waals surface area (Å²) in [5.41, 5.74) is 39.5. The molecule has 20 rings (SSSR count). The average Bonchev–Trinajstić information content (AvgIpc) is 1.62. The first kappa shape index (κ1) is 74.8. The third-order valence-corrected chi connectivity index (χ3v) is 23.3. The van der Waals surface area contributed by atoms with E-state index >= 15 is 0 Å². The standard InChI is InChI=1S/2C19H23N9S.2C18H21N9S/c2*1-12-6-18(29-25-12)23-17-7-16(27-5-3-4-14(20)11-27)24-19-15(9-22-28(17)19)13-8-21-26(2)10-13;2*1-11-5-17(28-24-11)22-16-6-15(26-4-3-13(19)10-26)23-18-14(8-21-27(16)18)12-7-20-25(2)9-12/h2*6-10,14,23H,3-5,11,20H2,1-2H3;2*5-9,13,22H,3-4,10,19H2,1-2H3/t2*14-;2*13-/m1010/s1. The van der Waals surface area contributed by atoms with Crippen LogP contribution in [-0.2, 0) is 28.2 Å². The Morgan fingerprint density at radius 3 is 0.772 bits per heavy atom. The SMILES string of the molecule is Cc1cc(Nc2cc(N3CCC[C@@H](N)C3)nc3c(-c4cnn(C)c4)cnn23)sn1.Cc1cc(Nc2cc(N3CCC[C@H](N)C3)nc3c(-c4cnn(C)c4)cnn23)sn1.Cc1cc(Nc2cc(N3CC[C@@H](N)C3)nc3c(-c4cnn(C)c4)cnn23)sn1.Cc1cc(Nc2cc(N3CC[C@H](N)C3)nc3c(-c4cnn(C)c4)cnn23)sn1. The largest absolute Gasteiger partial charge is 0.355 e. The number of anilines is 12. The van der Waals surface area contributed by atoms with Gasteiger partial charge in [-0.05, 0) is 137 Å². The number of nitrogens with two attached hydrogens (primary N) is 4. The van der Waals surface area contributed by atoms with E-state index in [1.807, 2.05) is 197 Å². The molecule has 4 aliphatic rings. The van der Waals surface area contributed by atoms with Crippen LogP contribution in [0.4, 0.5) is 66.5 Å². The number of piperidine rings is 2. The Bertz CT molecular complexity index is 5690. The van der Waals surface area contributed by atoms with E-state index in [1.165, 1.54) is 46.1 Å². The molecular weight excluding hydrogens is 1520 g/mol. The fourth-order valence-electron chi connectivity index (χ4n) is 14.5. The molecule has 12 N–H and O–H groups in total. The summed E-state index contributed by atoms with van der Waals surface area (Å²) >= 11 is 5.72. The van der Waals surface area contributed by atoms with Crippen LogP contribution < -0.4 is 63.8 Å². The van der Waals surface area contributed by atoms with Crippen molar-refractivity contribution in [2.24, 2.45) is 51.1 Å². The van der Waals surface area contributed by atoms with Gasteiger partial charge in [0.1, 0.15) is 66.5 Å². The van der Waals surface area contributed by atoms with Crippen molar-refractivity contribution in [2.75, 3.05) is 93.2 Å². The highest BCUT2D eigenvalue weighted by atomic mass is 32.1. The molecule has 4 saturated heterocycles. The van der Waals surface area contributed by atoms with Gasteiger partial charge in [-0.2, -0.15) is 76.3 Å². The molecule has 0 unspecified atom stereocenters. The number of fused-ring (bicyclic) bond motifs is 4. The van der Waals surface area contributed by atoms with E-state index in [4.69, 9.17) is 42.9 Å². The first-order valence-corrected chi connectivity index (χ1v) is 40.7. The van der Waals surface area contributed by atoms with E-state index in [0.717, 1.165) is 247 Å². The third-order valence-electron chi connectivity index (χ3n) is 20.1. The third kappa shape index (κ3) is 16.2. The first-order valence-electron chi connectivity index (χ1n) is 37.6. The minimum atomic E-state index is 0.171. The molecule has 16 aromatic rings. The lowest BCUT2D eigenvalue weighted by Crippen LogP contribution is -2.43. The van der Waals surface area contributed by atoms with Gasteiger partial charge in [-0.25, -0.2) is 19.9 Å². The molecule has 16 aromatic heterocycles. The maximum Gasteiger partial charge on any atom is 0.167 e. The predicted molar refractivity (Wildman–Crippen MR) is 450 cm³/mol. The zero-order chi connectivity index (χ0) is 78.4. The van der Waals surface area contributed by atoms with Crippen LogP contribution in [0.15, 0.2) is 123 Å². The number of nitrogens with zero attached hydrogens (tertiary/aromatic N) is 28. The van der Waals surface area contributed by atoms with Crippen LogP contribution in [0.3, 0.4) is 0 Å². The maximum atomic E-state index is 6.22. The van der Waals surface area contributed by atoms with E-state index in [1.54, 1.807) is 18.7 Å². The monoisotopic (exact) mass is 1610 g/mol. The highest BCUT2D eigenvalue weighted by Gasteiger charge is 2.29. The van der Waals surface area contributed by atoms with Crippen LogP contribution in [0.1, 0.15) is 61.3 Å². The van der Waals surface area contributed by atoms with E-state index in [9.17, 15) is 0 Å². The molecular formula is C74H88N36S4. The molecule has 4 aliphatic heterocycles. The molecule has 0 spiro atoms.